The molecule has 74 valence electrons. The van der Waals surface area contributed by atoms with Gasteiger partial charge in [0.15, 0.2) is 0 Å². The van der Waals surface area contributed by atoms with Crippen LogP contribution in [0.4, 0.5) is 0 Å². The maximum atomic E-state index is 9.68. The second-order valence-corrected chi connectivity index (χ2v) is 5.13. The van der Waals surface area contributed by atoms with Gasteiger partial charge in [-0.25, -0.2) is 0 Å². The molecule has 3 fully saturated rings. The molecule has 2 heteroatoms. The van der Waals surface area contributed by atoms with E-state index in [-0.39, 0.29) is 5.72 Å². The van der Waals surface area contributed by atoms with E-state index >= 15 is 0 Å². The molecule has 13 heavy (non-hydrogen) atoms. The molecule has 2 heterocycles. The molecule has 2 saturated heterocycles. The minimum Gasteiger partial charge on any atom is -0.374 e. The molecular formula is C11H19NO. The van der Waals surface area contributed by atoms with Crippen LogP contribution in [0.25, 0.3) is 0 Å². The summed E-state index contributed by atoms with van der Waals surface area (Å²) in [4.78, 5) is 2.29. The van der Waals surface area contributed by atoms with Crippen molar-refractivity contribution in [2.75, 3.05) is 6.54 Å². The van der Waals surface area contributed by atoms with E-state index in [9.17, 15) is 5.11 Å². The molecule has 3 rings (SSSR count). The van der Waals surface area contributed by atoms with Gasteiger partial charge in [0.25, 0.3) is 0 Å². The summed E-state index contributed by atoms with van der Waals surface area (Å²) in [7, 11) is 0. The first-order chi connectivity index (χ1) is 6.30. The van der Waals surface area contributed by atoms with E-state index in [0.717, 1.165) is 24.9 Å². The van der Waals surface area contributed by atoms with Gasteiger partial charge in [-0.3, -0.25) is 4.90 Å². The smallest absolute Gasteiger partial charge is 0.133 e. The molecule has 0 aromatic heterocycles. The van der Waals surface area contributed by atoms with Crippen molar-refractivity contribution in [3.8, 4) is 0 Å². The van der Waals surface area contributed by atoms with Crippen molar-refractivity contribution in [2.24, 2.45) is 5.92 Å². The number of hydrogen-bond donors (Lipinski definition) is 1. The van der Waals surface area contributed by atoms with E-state index in [4.69, 9.17) is 0 Å². The highest BCUT2D eigenvalue weighted by molar-refractivity contribution is 5.14. The lowest BCUT2D eigenvalue weighted by Crippen LogP contribution is -2.46. The number of nitrogens with zero attached hydrogens (tertiary/aromatic N) is 1. The van der Waals surface area contributed by atoms with E-state index in [2.05, 4.69) is 4.90 Å². The van der Waals surface area contributed by atoms with Crippen molar-refractivity contribution < 1.29 is 5.11 Å². The third-order valence-corrected chi connectivity index (χ3v) is 4.24. The predicted octanol–water partition coefficient (Wildman–Crippen LogP) is 1.73. The van der Waals surface area contributed by atoms with Crippen molar-refractivity contribution in [3.63, 3.8) is 0 Å². The van der Waals surface area contributed by atoms with Crippen LogP contribution in [0.15, 0.2) is 0 Å². The summed E-state index contributed by atoms with van der Waals surface area (Å²) in [6, 6.07) is 0.753. The quantitative estimate of drug-likeness (QED) is 0.492. The van der Waals surface area contributed by atoms with Gasteiger partial charge in [0.2, 0.25) is 0 Å². The van der Waals surface area contributed by atoms with E-state index < -0.39 is 0 Å². The maximum Gasteiger partial charge on any atom is 0.133 e. The zero-order valence-electron chi connectivity index (χ0n) is 8.21. The minimum atomic E-state index is -0.309. The Hall–Kier alpha value is -0.0800. The zero-order valence-corrected chi connectivity index (χ0v) is 8.21. The Morgan fingerprint density at radius 1 is 1.08 bits per heavy atom. The lowest BCUT2D eigenvalue weighted by atomic mass is 9.85. The Labute approximate surface area is 79.9 Å². The molecule has 0 aromatic rings. The number of aliphatic hydroxyl groups is 1. The highest BCUT2D eigenvalue weighted by atomic mass is 16.3. The van der Waals surface area contributed by atoms with Crippen LogP contribution in [0.2, 0.25) is 0 Å². The van der Waals surface area contributed by atoms with Gasteiger partial charge in [-0.1, -0.05) is 25.7 Å². The molecule has 2 nitrogen and oxygen atoms in total. The van der Waals surface area contributed by atoms with Crippen LogP contribution >= 0.6 is 0 Å². The summed E-state index contributed by atoms with van der Waals surface area (Å²) in [5.74, 6) is 0.908. The molecule has 0 aromatic carbocycles. The number of hydrogen-bond acceptors (Lipinski definition) is 2. The average Bonchev–Trinajstić information content (AvgIpc) is 2.75. The SMILES string of the molecule is OC12C[C@@H](C3CCCCCC3)N1C2. The van der Waals surface area contributed by atoms with E-state index in [1.54, 1.807) is 0 Å². The fourth-order valence-electron chi connectivity index (χ4n) is 3.29. The molecule has 0 radical (unpaired) electrons. The van der Waals surface area contributed by atoms with Gasteiger partial charge < -0.3 is 5.11 Å². The van der Waals surface area contributed by atoms with Crippen LogP contribution in [-0.4, -0.2) is 28.3 Å². The second-order valence-electron chi connectivity index (χ2n) is 5.13. The van der Waals surface area contributed by atoms with Crippen molar-refractivity contribution >= 4 is 0 Å². The molecule has 0 amide bonds. The lowest BCUT2D eigenvalue weighted by molar-refractivity contribution is -0.0461. The summed E-state index contributed by atoms with van der Waals surface area (Å²) < 4.78 is 0. The molecule has 1 aliphatic carbocycles. The molecule has 1 saturated carbocycles. The Morgan fingerprint density at radius 3 is 2.23 bits per heavy atom. The summed E-state index contributed by atoms with van der Waals surface area (Å²) in [5, 5.41) is 9.68. The van der Waals surface area contributed by atoms with Gasteiger partial charge in [0.05, 0.1) is 0 Å². The Bertz CT molecular complexity index is 210. The van der Waals surface area contributed by atoms with Gasteiger partial charge in [-0.2, -0.15) is 0 Å². The highest BCUT2D eigenvalue weighted by Gasteiger charge is 2.65. The summed E-state index contributed by atoms with van der Waals surface area (Å²) >= 11 is 0. The average molecular weight is 181 g/mol. The molecule has 1 N–H and O–H groups in total. The first-order valence-electron chi connectivity index (χ1n) is 5.79. The summed E-state index contributed by atoms with van der Waals surface area (Å²) in [6.45, 7) is 0.966. The summed E-state index contributed by atoms with van der Waals surface area (Å²) in [5.41, 5.74) is -0.309. The van der Waals surface area contributed by atoms with Gasteiger partial charge >= 0.3 is 0 Å². The largest absolute Gasteiger partial charge is 0.374 e. The fraction of sp³-hybridized carbons (Fsp3) is 1.00. The third kappa shape index (κ3) is 1.23. The Kier molecular flexibility index (Phi) is 1.72. The van der Waals surface area contributed by atoms with Crippen LogP contribution in [-0.2, 0) is 0 Å². The van der Waals surface area contributed by atoms with Gasteiger partial charge in [0.1, 0.15) is 5.72 Å². The Balaban J connectivity index is 1.59. The first kappa shape index (κ1) is 8.25. The molecule has 0 bridgehead atoms. The van der Waals surface area contributed by atoms with Crippen molar-refractivity contribution in [1.29, 1.82) is 0 Å². The monoisotopic (exact) mass is 181 g/mol. The zero-order chi connectivity index (χ0) is 8.89. The predicted molar refractivity (Wildman–Crippen MR) is 51.3 cm³/mol. The van der Waals surface area contributed by atoms with Crippen molar-refractivity contribution in [2.45, 2.75) is 56.7 Å². The maximum absolute atomic E-state index is 9.68. The first-order valence-corrected chi connectivity index (χ1v) is 5.79. The molecule has 3 atom stereocenters. The second kappa shape index (κ2) is 2.71. The number of rotatable bonds is 1. The van der Waals surface area contributed by atoms with Gasteiger partial charge in [-0.15, -0.1) is 0 Å². The molecule has 2 aliphatic heterocycles. The van der Waals surface area contributed by atoms with Gasteiger partial charge in [0, 0.05) is 19.0 Å². The fourth-order valence-corrected chi connectivity index (χ4v) is 3.29. The van der Waals surface area contributed by atoms with Crippen molar-refractivity contribution in [3.05, 3.63) is 0 Å². The van der Waals surface area contributed by atoms with Crippen LogP contribution in [0, 0.1) is 5.92 Å². The third-order valence-electron chi connectivity index (χ3n) is 4.24. The molecule has 3 aliphatic rings. The number of fused-ring (bicyclic) bond motifs is 1. The van der Waals surface area contributed by atoms with Gasteiger partial charge in [-0.05, 0) is 18.8 Å². The van der Waals surface area contributed by atoms with Crippen molar-refractivity contribution in [1.82, 2.24) is 4.90 Å². The highest BCUT2D eigenvalue weighted by Crippen LogP contribution is 2.52. The molecule has 2 unspecified atom stereocenters. The van der Waals surface area contributed by atoms with Crippen LogP contribution in [0.3, 0.4) is 0 Å². The normalized spacial score (nSPS) is 50.5. The Morgan fingerprint density at radius 2 is 1.77 bits per heavy atom. The van der Waals surface area contributed by atoms with E-state index in [1.807, 2.05) is 0 Å². The standard InChI is InChI=1S/C11H19NO/c13-11-7-10(12(11)8-11)9-5-3-1-2-4-6-9/h9-10,13H,1-8H2/t10-,11?,12?/m0/s1. The summed E-state index contributed by atoms with van der Waals surface area (Å²) in [6.07, 6.45) is 9.62. The van der Waals surface area contributed by atoms with E-state index in [0.29, 0.717) is 0 Å². The minimum absolute atomic E-state index is 0.309. The van der Waals surface area contributed by atoms with Crippen LogP contribution in [0.1, 0.15) is 44.9 Å². The van der Waals surface area contributed by atoms with Crippen LogP contribution in [0.5, 0.6) is 0 Å². The van der Waals surface area contributed by atoms with Crippen LogP contribution < -0.4 is 0 Å². The lowest BCUT2D eigenvalue weighted by Gasteiger charge is -2.38. The van der Waals surface area contributed by atoms with E-state index in [1.165, 1.54) is 38.5 Å². The molecule has 0 spiro atoms. The topological polar surface area (TPSA) is 23.2 Å². The molecular weight excluding hydrogens is 162 g/mol.